The molecule has 0 bridgehead atoms. The minimum absolute atomic E-state index is 0.130. The van der Waals surface area contributed by atoms with E-state index < -0.39 is 23.0 Å². The van der Waals surface area contributed by atoms with E-state index in [0.29, 0.717) is 16.1 Å². The maximum Gasteiger partial charge on any atom is 0.433 e. The number of alkyl halides is 3. The van der Waals surface area contributed by atoms with Crippen molar-refractivity contribution in [2.45, 2.75) is 49.2 Å². The molecular weight excluding hydrogens is 469 g/mol. The molecule has 1 aliphatic rings. The average Bonchev–Trinajstić information content (AvgIpc) is 3.15. The van der Waals surface area contributed by atoms with Crippen LogP contribution in [0, 0.1) is 11.3 Å². The third kappa shape index (κ3) is 5.20. The molecule has 5 nitrogen and oxygen atoms in total. The summed E-state index contributed by atoms with van der Waals surface area (Å²) in [5.74, 6) is -0.419. The zero-order valence-corrected chi connectivity index (χ0v) is 19.2. The van der Waals surface area contributed by atoms with Gasteiger partial charge in [-0.25, -0.2) is 9.97 Å². The van der Waals surface area contributed by atoms with Crippen molar-refractivity contribution in [1.82, 2.24) is 9.97 Å². The Morgan fingerprint density at radius 3 is 2.64 bits per heavy atom. The summed E-state index contributed by atoms with van der Waals surface area (Å²) in [6, 6.07) is 11.6. The highest BCUT2D eigenvalue weighted by molar-refractivity contribution is 8.00. The first-order valence-electron chi connectivity index (χ1n) is 10.3. The number of hydrogen-bond acceptors (Lipinski definition) is 6. The molecule has 4 rings (SSSR count). The number of aromatic nitrogens is 2. The van der Waals surface area contributed by atoms with E-state index >= 15 is 0 Å². The van der Waals surface area contributed by atoms with Crippen molar-refractivity contribution in [2.75, 3.05) is 5.32 Å². The molecule has 0 radical (unpaired) electrons. The zero-order chi connectivity index (χ0) is 23.6. The molecule has 2 heterocycles. The Bertz CT molecular complexity index is 1220. The van der Waals surface area contributed by atoms with E-state index in [4.69, 9.17) is 0 Å². The van der Waals surface area contributed by atoms with Gasteiger partial charge in [0.15, 0.2) is 5.16 Å². The van der Waals surface area contributed by atoms with Crippen molar-refractivity contribution in [2.24, 2.45) is 0 Å². The Balaban J connectivity index is 1.57. The van der Waals surface area contributed by atoms with Gasteiger partial charge in [0.05, 0.1) is 16.5 Å². The summed E-state index contributed by atoms with van der Waals surface area (Å²) in [4.78, 5) is 21.8. The maximum absolute atomic E-state index is 13.4. The lowest BCUT2D eigenvalue weighted by atomic mass is 9.96. The number of thiophene rings is 1. The van der Waals surface area contributed by atoms with Crippen molar-refractivity contribution in [1.29, 1.82) is 5.26 Å². The lowest BCUT2D eigenvalue weighted by Crippen LogP contribution is -2.23. The van der Waals surface area contributed by atoms with E-state index in [2.05, 4.69) is 21.4 Å². The fourth-order valence-electron chi connectivity index (χ4n) is 3.58. The van der Waals surface area contributed by atoms with E-state index in [0.717, 1.165) is 54.0 Å². The third-order valence-corrected chi connectivity index (χ3v) is 7.41. The summed E-state index contributed by atoms with van der Waals surface area (Å²) >= 11 is 2.25. The van der Waals surface area contributed by atoms with Gasteiger partial charge in [0.1, 0.15) is 16.8 Å². The highest BCUT2D eigenvalue weighted by atomic mass is 32.2. The molecule has 0 unspecified atom stereocenters. The van der Waals surface area contributed by atoms with Crippen LogP contribution in [0.15, 0.2) is 41.6 Å². The van der Waals surface area contributed by atoms with Crippen LogP contribution in [0.2, 0.25) is 0 Å². The summed E-state index contributed by atoms with van der Waals surface area (Å²) in [5.41, 5.74) is 1.07. The molecule has 170 valence electrons. The highest BCUT2D eigenvalue weighted by Crippen LogP contribution is 2.38. The minimum Gasteiger partial charge on any atom is -0.316 e. The summed E-state index contributed by atoms with van der Waals surface area (Å²) in [6.07, 6.45) is -0.890. The van der Waals surface area contributed by atoms with Crippen molar-refractivity contribution in [3.05, 3.63) is 58.1 Å². The molecular formula is C23H19F3N4OS2. The second kappa shape index (κ2) is 9.53. The fraction of sp³-hybridized carbons (Fsp3) is 0.304. The lowest BCUT2D eigenvalue weighted by Gasteiger charge is -2.13. The molecule has 1 aliphatic carbocycles. The van der Waals surface area contributed by atoms with Gasteiger partial charge < -0.3 is 5.32 Å². The first kappa shape index (κ1) is 23.3. The van der Waals surface area contributed by atoms with E-state index in [1.54, 1.807) is 37.3 Å². The maximum atomic E-state index is 13.4. The number of rotatable bonds is 5. The van der Waals surface area contributed by atoms with Crippen LogP contribution in [0.5, 0.6) is 0 Å². The first-order valence-corrected chi connectivity index (χ1v) is 12.0. The van der Waals surface area contributed by atoms with Gasteiger partial charge in [0.2, 0.25) is 5.91 Å². The number of fused-ring (bicyclic) bond motifs is 1. The van der Waals surface area contributed by atoms with Gasteiger partial charge in [-0.1, -0.05) is 42.1 Å². The molecule has 0 saturated carbocycles. The largest absolute Gasteiger partial charge is 0.433 e. The number of benzene rings is 1. The Hall–Kier alpha value is -2.90. The van der Waals surface area contributed by atoms with Gasteiger partial charge in [0.25, 0.3) is 0 Å². The monoisotopic (exact) mass is 488 g/mol. The normalized spacial score (nSPS) is 14.3. The zero-order valence-electron chi connectivity index (χ0n) is 17.6. The van der Waals surface area contributed by atoms with E-state index in [1.165, 1.54) is 11.3 Å². The van der Waals surface area contributed by atoms with Crippen LogP contribution in [-0.2, 0) is 23.8 Å². The van der Waals surface area contributed by atoms with Crippen LogP contribution < -0.4 is 5.32 Å². The van der Waals surface area contributed by atoms with Gasteiger partial charge in [-0.05, 0) is 44.2 Å². The van der Waals surface area contributed by atoms with Gasteiger partial charge in [-0.15, -0.1) is 11.3 Å². The predicted molar refractivity (Wildman–Crippen MR) is 122 cm³/mol. The average molecular weight is 489 g/mol. The topological polar surface area (TPSA) is 78.7 Å². The van der Waals surface area contributed by atoms with Gasteiger partial charge in [-0.2, -0.15) is 18.4 Å². The van der Waals surface area contributed by atoms with Crippen molar-refractivity contribution < 1.29 is 18.0 Å². The second-order valence-electron chi connectivity index (χ2n) is 7.56. The number of hydrogen-bond donors (Lipinski definition) is 1. The molecule has 1 atom stereocenters. The second-order valence-corrected chi connectivity index (χ2v) is 9.97. The van der Waals surface area contributed by atoms with E-state index in [1.807, 2.05) is 0 Å². The Morgan fingerprint density at radius 2 is 1.94 bits per heavy atom. The molecule has 2 aromatic heterocycles. The number of amides is 1. The van der Waals surface area contributed by atoms with Crippen molar-refractivity contribution in [3.63, 3.8) is 0 Å². The molecule has 10 heteroatoms. The molecule has 0 aliphatic heterocycles. The van der Waals surface area contributed by atoms with Gasteiger partial charge in [-0.3, -0.25) is 4.79 Å². The number of carbonyl (C=O) groups is 1. The minimum atomic E-state index is -4.65. The quantitative estimate of drug-likeness (QED) is 0.347. The summed E-state index contributed by atoms with van der Waals surface area (Å²) in [7, 11) is 0. The number of carbonyl (C=O) groups excluding carboxylic acids is 1. The van der Waals surface area contributed by atoms with Crippen LogP contribution >= 0.6 is 23.1 Å². The molecule has 3 aromatic rings. The van der Waals surface area contributed by atoms with Crippen LogP contribution in [0.4, 0.5) is 18.2 Å². The van der Waals surface area contributed by atoms with Gasteiger partial charge in [0, 0.05) is 10.4 Å². The molecule has 1 N–H and O–H groups in total. The van der Waals surface area contributed by atoms with Crippen LogP contribution in [-0.4, -0.2) is 21.1 Å². The number of anilines is 1. The number of halogens is 3. The number of aryl methyl sites for hydroxylation is 1. The van der Waals surface area contributed by atoms with Crippen LogP contribution in [0.3, 0.4) is 0 Å². The smallest absolute Gasteiger partial charge is 0.316 e. The van der Waals surface area contributed by atoms with Gasteiger partial charge >= 0.3 is 6.18 Å². The number of nitrogens with zero attached hydrogens (tertiary/aromatic N) is 3. The fourth-order valence-corrected chi connectivity index (χ4v) is 5.60. The van der Waals surface area contributed by atoms with E-state index in [-0.39, 0.29) is 10.9 Å². The van der Waals surface area contributed by atoms with Crippen LogP contribution in [0.25, 0.3) is 11.3 Å². The molecule has 0 saturated heterocycles. The lowest BCUT2D eigenvalue weighted by molar-refractivity contribution is -0.141. The molecule has 1 aromatic carbocycles. The van der Waals surface area contributed by atoms with Crippen LogP contribution in [0.1, 0.15) is 41.5 Å². The Morgan fingerprint density at radius 1 is 1.21 bits per heavy atom. The van der Waals surface area contributed by atoms with E-state index in [9.17, 15) is 23.2 Å². The SMILES string of the molecule is C[C@H](Sc1nc(-c2ccccc2)cc(C(F)(F)F)n1)C(=O)Nc1sc2c(c1C#N)CCCC2. The molecule has 33 heavy (non-hydrogen) atoms. The third-order valence-electron chi connectivity index (χ3n) is 5.24. The molecule has 0 spiro atoms. The number of nitrogens with one attached hydrogen (secondary N) is 1. The van der Waals surface area contributed by atoms with Crippen molar-refractivity contribution >= 4 is 34.0 Å². The predicted octanol–water partition coefficient (Wildman–Crippen LogP) is 6.09. The Kier molecular flexibility index (Phi) is 6.72. The summed E-state index contributed by atoms with van der Waals surface area (Å²) in [6.45, 7) is 1.57. The molecule has 0 fully saturated rings. The molecule has 1 amide bonds. The Labute approximate surface area is 197 Å². The standard InChI is InChI=1S/C23H19F3N4OS2/c1-13(20(31)30-21-16(12-27)15-9-5-6-10-18(15)33-21)32-22-28-17(14-7-3-2-4-8-14)11-19(29-22)23(24,25)26/h2-4,7-8,11,13H,5-6,9-10H2,1H3,(H,30,31)/t13-/m0/s1. The number of thioether (sulfide) groups is 1. The van der Waals surface area contributed by atoms with Crippen molar-refractivity contribution in [3.8, 4) is 17.3 Å². The highest BCUT2D eigenvalue weighted by Gasteiger charge is 2.34. The summed E-state index contributed by atoms with van der Waals surface area (Å²) in [5, 5.41) is 11.9. The first-order chi connectivity index (χ1) is 15.8. The number of nitriles is 1. The summed E-state index contributed by atoms with van der Waals surface area (Å²) < 4.78 is 40.3.